The summed E-state index contributed by atoms with van der Waals surface area (Å²) in [6.45, 7) is 10.6. The van der Waals surface area contributed by atoms with Gasteiger partial charge in [-0.05, 0) is 0 Å². The van der Waals surface area contributed by atoms with E-state index in [0.717, 1.165) is 0 Å². The molecule has 4 nitrogen and oxygen atoms in total. The van der Waals surface area contributed by atoms with Gasteiger partial charge in [0.05, 0.1) is 0 Å². The van der Waals surface area contributed by atoms with Crippen molar-refractivity contribution >= 4 is 46.5 Å². The summed E-state index contributed by atoms with van der Waals surface area (Å²) in [5, 5.41) is 0. The van der Waals surface area contributed by atoms with Crippen LogP contribution in [0.4, 0.5) is 11.4 Å². The zero-order valence-corrected chi connectivity index (χ0v) is 36.5. The van der Waals surface area contributed by atoms with Crippen molar-refractivity contribution < 1.29 is 25.0 Å². The number of hydrogen-bond donors (Lipinski definition) is 0. The van der Waals surface area contributed by atoms with Crippen molar-refractivity contribution in [3.05, 3.63) is 118 Å². The Balaban J connectivity index is 1.43. The van der Waals surface area contributed by atoms with Crippen LogP contribution in [-0.4, -0.2) is 61.8 Å². The van der Waals surface area contributed by atoms with Gasteiger partial charge in [0.1, 0.15) is 0 Å². The van der Waals surface area contributed by atoms with Crippen LogP contribution in [-0.2, 0) is 25.0 Å². The molecule has 0 amide bonds. The SMILES string of the molecule is COC[N+](C)(C)c1ccc(-c2cccc3c2C=C(C)[CH]3[Zr]([Cl])([Cl])([CH]2C(C)=Cc3c(-c4ccc([N+](C)(C)COC)cc4)cccc32)[SiH](C)C)cc1. The quantitative estimate of drug-likeness (QED) is 0.0854. The molecule has 50 heavy (non-hydrogen) atoms. The molecule has 0 saturated carbocycles. The number of halogens is 2. The zero-order valence-electron chi connectivity index (χ0n) is 31.4. The Kier molecular flexibility index (Phi) is 10.3. The third-order valence-corrected chi connectivity index (χ3v) is 63.7. The van der Waals surface area contributed by atoms with E-state index >= 15 is 0 Å². The monoisotopic (exact) mass is 805 g/mol. The number of quaternary nitrogens is 2. The fourth-order valence-electron chi connectivity index (χ4n) is 8.79. The van der Waals surface area contributed by atoms with Crippen LogP contribution in [0.3, 0.4) is 0 Å². The second-order valence-electron chi connectivity index (χ2n) is 15.9. The van der Waals surface area contributed by atoms with Crippen LogP contribution in [0.15, 0.2) is 96.1 Å². The average Bonchev–Trinajstić information content (AvgIpc) is 3.61. The first-order chi connectivity index (χ1) is 23.5. The molecule has 0 saturated heterocycles. The van der Waals surface area contributed by atoms with Crippen molar-refractivity contribution in [2.75, 3.05) is 55.9 Å². The van der Waals surface area contributed by atoms with E-state index in [1.165, 1.54) is 67.0 Å². The number of nitrogens with zero attached hydrogens (tertiary/aromatic N) is 2. The fourth-order valence-corrected chi connectivity index (χ4v) is 41.7. The van der Waals surface area contributed by atoms with E-state index in [1.54, 1.807) is 14.2 Å². The van der Waals surface area contributed by atoms with E-state index in [4.69, 9.17) is 26.5 Å². The van der Waals surface area contributed by atoms with Gasteiger partial charge in [0.2, 0.25) is 0 Å². The summed E-state index contributed by atoms with van der Waals surface area (Å²) in [4.78, 5) is 0. The van der Waals surface area contributed by atoms with Crippen molar-refractivity contribution in [2.45, 2.75) is 34.2 Å². The van der Waals surface area contributed by atoms with Crippen molar-refractivity contribution in [3.8, 4) is 22.3 Å². The Bertz CT molecular complexity index is 1850. The maximum atomic E-state index is 8.51. The summed E-state index contributed by atoms with van der Waals surface area (Å²) in [6.07, 6.45) is 4.78. The summed E-state index contributed by atoms with van der Waals surface area (Å²) >= 11 is -4.78. The van der Waals surface area contributed by atoms with Gasteiger partial charge in [-0.1, -0.05) is 0 Å². The van der Waals surface area contributed by atoms with Crippen molar-refractivity contribution in [3.63, 3.8) is 0 Å². The van der Waals surface area contributed by atoms with E-state index in [0.29, 0.717) is 22.4 Å². The molecule has 0 radical (unpaired) electrons. The molecule has 4 aromatic carbocycles. The number of allylic oxidation sites excluding steroid dienone is 2. The number of fused-ring (bicyclic) bond motifs is 2. The van der Waals surface area contributed by atoms with Gasteiger partial charge in [-0.15, -0.1) is 0 Å². The molecule has 6 rings (SSSR count). The van der Waals surface area contributed by atoms with Gasteiger partial charge in [-0.3, -0.25) is 0 Å². The molecule has 2 aliphatic rings. The molecule has 0 bridgehead atoms. The van der Waals surface area contributed by atoms with Crippen LogP contribution in [0.5, 0.6) is 0 Å². The topological polar surface area (TPSA) is 18.5 Å². The first kappa shape index (κ1) is 37.6. The molecule has 0 aromatic heterocycles. The fraction of sp³-hybridized carbons (Fsp3) is 0.333. The average molecular weight is 808 g/mol. The Morgan fingerprint density at radius 2 is 0.960 bits per heavy atom. The Morgan fingerprint density at radius 3 is 1.28 bits per heavy atom. The Morgan fingerprint density at radius 1 is 0.600 bits per heavy atom. The number of rotatable bonds is 11. The Labute approximate surface area is 308 Å². The first-order valence-corrected chi connectivity index (χ1v) is 33.9. The van der Waals surface area contributed by atoms with Gasteiger partial charge in [-0.2, -0.15) is 0 Å². The summed E-state index contributed by atoms with van der Waals surface area (Å²) < 4.78 is 12.4. The van der Waals surface area contributed by atoms with Crippen LogP contribution in [0.1, 0.15) is 43.4 Å². The summed E-state index contributed by atoms with van der Waals surface area (Å²) in [5.74, 6) is -1.63. The molecular weight excluding hydrogens is 755 g/mol. The Hall–Kier alpha value is -2.12. The van der Waals surface area contributed by atoms with E-state index in [1.807, 2.05) is 0 Å². The number of benzene rings is 4. The van der Waals surface area contributed by atoms with E-state index < -0.39 is 21.5 Å². The predicted octanol–water partition coefficient (Wildman–Crippen LogP) is 11.0. The third kappa shape index (κ3) is 6.22. The summed E-state index contributed by atoms with van der Waals surface area (Å²) in [5.41, 5.74) is 15.1. The van der Waals surface area contributed by atoms with Crippen molar-refractivity contribution in [2.24, 2.45) is 0 Å². The number of hydrogen-bond acceptors (Lipinski definition) is 2. The minimum atomic E-state index is -4.78. The second-order valence-corrected chi connectivity index (χ2v) is 58.4. The van der Waals surface area contributed by atoms with Gasteiger partial charge in [0, 0.05) is 0 Å². The molecular formula is C42H53Cl2N2O2SiZr+2. The van der Waals surface area contributed by atoms with Crippen molar-refractivity contribution in [1.82, 2.24) is 8.97 Å². The third-order valence-electron chi connectivity index (χ3n) is 11.4. The van der Waals surface area contributed by atoms with Crippen LogP contribution in [0.25, 0.3) is 34.4 Å². The van der Waals surface area contributed by atoms with Gasteiger partial charge >= 0.3 is 311 Å². The standard InChI is InChI=1S/2C20H23NO.C2H7Si.2ClH.Zr/c2*1-15-12-17-6-5-7-19(20(17)13-15)16-8-10-18(11-9-16)21(2,3)14-22-4;1-3-2;;;/h2*5-13H,14H2,1-4H3;3H,1-2H3;2*1H;/q2*+1;;;;+2/p-2. The molecule has 2 unspecified atom stereocenters. The molecule has 2 atom stereocenters. The molecule has 263 valence electrons. The van der Waals surface area contributed by atoms with Gasteiger partial charge in [0.25, 0.3) is 0 Å². The van der Waals surface area contributed by atoms with E-state index in [-0.39, 0.29) is 7.25 Å². The molecule has 0 aliphatic heterocycles. The van der Waals surface area contributed by atoms with Crippen LogP contribution < -0.4 is 8.97 Å². The molecule has 0 spiro atoms. The van der Waals surface area contributed by atoms with Gasteiger partial charge < -0.3 is 0 Å². The van der Waals surface area contributed by atoms with Crippen LogP contribution in [0, 0.1) is 0 Å². The predicted molar refractivity (Wildman–Crippen MR) is 218 cm³/mol. The molecule has 2 aliphatic carbocycles. The molecule has 0 heterocycles. The molecule has 8 heteroatoms. The van der Waals surface area contributed by atoms with E-state index in [9.17, 15) is 0 Å². The van der Waals surface area contributed by atoms with Gasteiger partial charge in [0.15, 0.2) is 0 Å². The number of ether oxygens (including phenoxy) is 2. The normalized spacial score (nSPS) is 18.4. The van der Waals surface area contributed by atoms with Gasteiger partial charge in [-0.25, -0.2) is 0 Å². The summed E-state index contributed by atoms with van der Waals surface area (Å²) in [7, 11) is 29.2. The second kappa shape index (κ2) is 13.7. The molecule has 4 aromatic rings. The van der Waals surface area contributed by atoms with E-state index in [2.05, 4.69) is 152 Å². The van der Waals surface area contributed by atoms with Crippen LogP contribution >= 0.6 is 17.0 Å². The summed E-state index contributed by atoms with van der Waals surface area (Å²) in [6, 6.07) is 31.4. The zero-order chi connectivity index (χ0) is 36.2. The van der Waals surface area contributed by atoms with Crippen LogP contribution in [0.2, 0.25) is 13.1 Å². The van der Waals surface area contributed by atoms with Crippen molar-refractivity contribution in [1.29, 1.82) is 0 Å². The number of methoxy groups -OCH3 is 2. The minimum absolute atomic E-state index is 0.0565. The molecule has 0 N–H and O–H groups in total. The molecule has 0 fully saturated rings. The maximum absolute atomic E-state index is 8.51. The first-order valence-electron chi connectivity index (χ1n) is 17.6.